The van der Waals surface area contributed by atoms with Gasteiger partial charge in [0.15, 0.2) is 6.30 Å². The molecule has 0 aromatic rings. The Morgan fingerprint density at radius 1 is 1.14 bits per heavy atom. The van der Waals surface area contributed by atoms with Crippen molar-refractivity contribution >= 4 is 0 Å². The van der Waals surface area contributed by atoms with Gasteiger partial charge in [0.25, 0.3) is 0 Å². The monoisotopic (exact) mass is 206 g/mol. The third kappa shape index (κ3) is 2.89. The molecule has 0 saturated carbocycles. The molecule has 84 valence electrons. The van der Waals surface area contributed by atoms with E-state index < -0.39 is 17.9 Å². The molecule has 2 nitrogen and oxygen atoms in total. The average molecular weight is 206 g/mol. The second-order valence-corrected chi connectivity index (χ2v) is 4.93. The Kier molecular flexibility index (Phi) is 3.84. The van der Waals surface area contributed by atoms with Gasteiger partial charge in [0.1, 0.15) is 6.17 Å². The number of hydrogen-bond donors (Lipinski definition) is 1. The van der Waals surface area contributed by atoms with Crippen LogP contribution in [0, 0.1) is 5.41 Å². The van der Waals surface area contributed by atoms with Crippen molar-refractivity contribution in [3.05, 3.63) is 0 Å². The predicted octanol–water partition coefficient (Wildman–Crippen LogP) is 1.57. The van der Waals surface area contributed by atoms with Gasteiger partial charge in [0, 0.05) is 26.2 Å². The van der Waals surface area contributed by atoms with Gasteiger partial charge >= 0.3 is 0 Å². The Bertz CT molecular complexity index is 173. The lowest BCUT2D eigenvalue weighted by Gasteiger charge is -2.35. The van der Waals surface area contributed by atoms with Crippen LogP contribution in [0.4, 0.5) is 8.78 Å². The van der Waals surface area contributed by atoms with Gasteiger partial charge in [0.05, 0.1) is 0 Å². The zero-order valence-electron chi connectivity index (χ0n) is 9.19. The van der Waals surface area contributed by atoms with E-state index in [0.29, 0.717) is 13.1 Å². The summed E-state index contributed by atoms with van der Waals surface area (Å²) in [5, 5.41) is 3.12. The SMILES string of the molecule is CC(C)(C)C(F)C(F)N1CCNCC1. The van der Waals surface area contributed by atoms with Crippen LogP contribution in [0.5, 0.6) is 0 Å². The summed E-state index contributed by atoms with van der Waals surface area (Å²) >= 11 is 0. The van der Waals surface area contributed by atoms with Crippen LogP contribution in [0.1, 0.15) is 20.8 Å². The van der Waals surface area contributed by atoms with Crippen molar-refractivity contribution in [1.29, 1.82) is 0 Å². The third-order valence-corrected chi connectivity index (χ3v) is 2.57. The number of alkyl halides is 2. The van der Waals surface area contributed by atoms with Crippen molar-refractivity contribution in [2.75, 3.05) is 26.2 Å². The van der Waals surface area contributed by atoms with E-state index >= 15 is 0 Å². The highest BCUT2D eigenvalue weighted by atomic mass is 19.2. The largest absolute Gasteiger partial charge is 0.314 e. The lowest BCUT2D eigenvalue weighted by molar-refractivity contribution is -0.0374. The molecule has 0 amide bonds. The van der Waals surface area contributed by atoms with E-state index in [0.717, 1.165) is 13.1 Å². The first-order valence-corrected chi connectivity index (χ1v) is 5.16. The first-order valence-electron chi connectivity index (χ1n) is 5.16. The highest BCUT2D eigenvalue weighted by Crippen LogP contribution is 2.28. The molecule has 1 N–H and O–H groups in total. The molecule has 4 heteroatoms. The Morgan fingerprint density at radius 2 is 1.64 bits per heavy atom. The molecule has 1 fully saturated rings. The molecular formula is C10H20F2N2. The maximum absolute atomic E-state index is 13.7. The fourth-order valence-electron chi connectivity index (χ4n) is 1.53. The van der Waals surface area contributed by atoms with E-state index in [9.17, 15) is 8.78 Å². The van der Waals surface area contributed by atoms with E-state index in [4.69, 9.17) is 0 Å². The van der Waals surface area contributed by atoms with E-state index in [2.05, 4.69) is 5.32 Å². The minimum atomic E-state index is -1.46. The Hall–Kier alpha value is -0.220. The van der Waals surface area contributed by atoms with Crippen LogP contribution in [0.2, 0.25) is 0 Å². The highest BCUT2D eigenvalue weighted by molar-refractivity contribution is 4.82. The minimum Gasteiger partial charge on any atom is -0.314 e. The number of nitrogens with zero attached hydrogens (tertiary/aromatic N) is 1. The molecule has 1 aliphatic heterocycles. The van der Waals surface area contributed by atoms with E-state index in [-0.39, 0.29) is 0 Å². The molecule has 1 heterocycles. The molecule has 1 rings (SSSR count). The van der Waals surface area contributed by atoms with Crippen molar-refractivity contribution in [2.45, 2.75) is 33.2 Å². The first-order chi connectivity index (χ1) is 6.43. The average Bonchev–Trinajstić information content (AvgIpc) is 2.15. The normalized spacial score (nSPS) is 24.6. The topological polar surface area (TPSA) is 15.3 Å². The molecule has 0 aromatic carbocycles. The van der Waals surface area contributed by atoms with E-state index in [1.165, 1.54) is 0 Å². The summed E-state index contributed by atoms with van der Waals surface area (Å²) < 4.78 is 27.4. The Balaban J connectivity index is 2.50. The molecule has 1 aliphatic rings. The second-order valence-electron chi connectivity index (χ2n) is 4.93. The molecule has 0 bridgehead atoms. The van der Waals surface area contributed by atoms with Gasteiger partial charge in [-0.2, -0.15) is 0 Å². The summed E-state index contributed by atoms with van der Waals surface area (Å²) in [5.41, 5.74) is -0.621. The van der Waals surface area contributed by atoms with Gasteiger partial charge in [0.2, 0.25) is 0 Å². The fraction of sp³-hybridized carbons (Fsp3) is 1.00. The lowest BCUT2D eigenvalue weighted by atomic mass is 9.89. The number of rotatable bonds is 2. The van der Waals surface area contributed by atoms with Crippen LogP contribution in [0.15, 0.2) is 0 Å². The third-order valence-electron chi connectivity index (χ3n) is 2.57. The van der Waals surface area contributed by atoms with Gasteiger partial charge in [-0.3, -0.25) is 4.90 Å². The molecule has 0 aliphatic carbocycles. The van der Waals surface area contributed by atoms with Crippen LogP contribution in [0.3, 0.4) is 0 Å². The molecule has 0 radical (unpaired) electrons. The summed E-state index contributed by atoms with van der Waals surface area (Å²) in [7, 11) is 0. The number of piperazine rings is 1. The molecular weight excluding hydrogens is 186 g/mol. The van der Waals surface area contributed by atoms with Crippen LogP contribution in [0.25, 0.3) is 0 Å². The molecule has 0 spiro atoms. The quantitative estimate of drug-likeness (QED) is 0.690. The maximum atomic E-state index is 13.7. The van der Waals surface area contributed by atoms with Crippen LogP contribution in [-0.2, 0) is 0 Å². The first kappa shape index (κ1) is 11.9. The molecule has 0 aromatic heterocycles. The van der Waals surface area contributed by atoms with Crippen molar-refractivity contribution in [3.63, 3.8) is 0 Å². The van der Waals surface area contributed by atoms with Crippen molar-refractivity contribution in [2.24, 2.45) is 5.41 Å². The van der Waals surface area contributed by atoms with Crippen molar-refractivity contribution in [1.82, 2.24) is 10.2 Å². The van der Waals surface area contributed by atoms with Gasteiger partial charge in [-0.05, 0) is 5.41 Å². The van der Waals surface area contributed by atoms with Crippen molar-refractivity contribution in [3.8, 4) is 0 Å². The van der Waals surface area contributed by atoms with Gasteiger partial charge in [-0.15, -0.1) is 0 Å². The Morgan fingerprint density at radius 3 is 2.07 bits per heavy atom. The summed E-state index contributed by atoms with van der Waals surface area (Å²) in [4.78, 5) is 1.58. The molecule has 14 heavy (non-hydrogen) atoms. The zero-order chi connectivity index (χ0) is 10.8. The Labute approximate surface area is 84.7 Å². The predicted molar refractivity (Wildman–Crippen MR) is 53.7 cm³/mol. The van der Waals surface area contributed by atoms with E-state index in [1.54, 1.807) is 25.7 Å². The van der Waals surface area contributed by atoms with Crippen LogP contribution in [-0.4, -0.2) is 43.5 Å². The van der Waals surface area contributed by atoms with Crippen LogP contribution >= 0.6 is 0 Å². The summed E-state index contributed by atoms with van der Waals surface area (Å²) in [6.45, 7) is 7.87. The summed E-state index contributed by atoms with van der Waals surface area (Å²) in [5.74, 6) is 0. The van der Waals surface area contributed by atoms with E-state index in [1.807, 2.05) is 0 Å². The number of nitrogens with one attached hydrogen (secondary N) is 1. The second kappa shape index (κ2) is 4.53. The smallest absolute Gasteiger partial charge is 0.185 e. The minimum absolute atomic E-state index is 0.595. The highest BCUT2D eigenvalue weighted by Gasteiger charge is 2.36. The maximum Gasteiger partial charge on any atom is 0.185 e. The molecule has 2 atom stereocenters. The van der Waals surface area contributed by atoms with Gasteiger partial charge in [-0.25, -0.2) is 8.78 Å². The summed E-state index contributed by atoms with van der Waals surface area (Å²) in [6, 6.07) is 0. The zero-order valence-corrected chi connectivity index (χ0v) is 9.19. The lowest BCUT2D eigenvalue weighted by Crippen LogP contribution is -2.52. The standard InChI is InChI=1S/C10H20F2N2/c1-10(2,3)8(11)9(12)14-6-4-13-5-7-14/h8-9,13H,4-7H2,1-3H3. The molecule has 1 saturated heterocycles. The molecule has 2 unspecified atom stereocenters. The number of halogens is 2. The van der Waals surface area contributed by atoms with Crippen LogP contribution < -0.4 is 5.32 Å². The van der Waals surface area contributed by atoms with Crippen molar-refractivity contribution < 1.29 is 8.78 Å². The van der Waals surface area contributed by atoms with Gasteiger partial charge in [-0.1, -0.05) is 20.8 Å². The summed E-state index contributed by atoms with van der Waals surface area (Å²) in [6.07, 6.45) is -2.88. The number of hydrogen-bond acceptors (Lipinski definition) is 2. The van der Waals surface area contributed by atoms with Gasteiger partial charge < -0.3 is 5.32 Å². The fourth-order valence-corrected chi connectivity index (χ4v) is 1.53.